The van der Waals surface area contributed by atoms with Gasteiger partial charge < -0.3 is 5.32 Å². The minimum Gasteiger partial charge on any atom is -0.348 e. The molecule has 0 unspecified atom stereocenters. The summed E-state index contributed by atoms with van der Waals surface area (Å²) in [7, 11) is 0. The van der Waals surface area contributed by atoms with E-state index in [-0.39, 0.29) is 5.91 Å². The van der Waals surface area contributed by atoms with Crippen LogP contribution in [0.1, 0.15) is 51.6 Å². The standard InChI is InChI=1S/C21H22N4O/c1-14-5-9-18(10-6-14)25-15(2)19(20(24-25)17-7-8-17)21(26)23-13-16-4-3-11-22-12-16/h3-6,9-12,17H,7-8,13H2,1-2H3,(H,23,26). The Morgan fingerprint density at radius 1 is 1.19 bits per heavy atom. The average molecular weight is 346 g/mol. The van der Waals surface area contributed by atoms with Gasteiger partial charge in [-0.2, -0.15) is 5.10 Å². The van der Waals surface area contributed by atoms with Crippen LogP contribution in [-0.2, 0) is 6.54 Å². The molecule has 1 amide bonds. The molecule has 0 saturated heterocycles. The molecule has 26 heavy (non-hydrogen) atoms. The molecule has 1 fully saturated rings. The summed E-state index contributed by atoms with van der Waals surface area (Å²) in [6, 6.07) is 12.0. The first kappa shape index (κ1) is 16.5. The third kappa shape index (κ3) is 3.25. The fraction of sp³-hybridized carbons (Fsp3) is 0.286. The Bertz CT molecular complexity index is 925. The monoisotopic (exact) mass is 346 g/mol. The number of aromatic nitrogens is 3. The summed E-state index contributed by atoms with van der Waals surface area (Å²) < 4.78 is 1.89. The SMILES string of the molecule is Cc1ccc(-n2nc(C3CC3)c(C(=O)NCc3cccnc3)c2C)cc1. The fourth-order valence-corrected chi connectivity index (χ4v) is 3.16. The molecule has 0 radical (unpaired) electrons. The highest BCUT2D eigenvalue weighted by atomic mass is 16.1. The number of hydrogen-bond donors (Lipinski definition) is 1. The average Bonchev–Trinajstić information content (AvgIpc) is 3.45. The number of nitrogens with zero attached hydrogens (tertiary/aromatic N) is 3. The number of carbonyl (C=O) groups excluding carboxylic acids is 1. The molecule has 5 nitrogen and oxygen atoms in total. The molecular weight excluding hydrogens is 324 g/mol. The maximum absolute atomic E-state index is 12.9. The molecule has 1 N–H and O–H groups in total. The van der Waals surface area contributed by atoms with E-state index in [1.807, 2.05) is 35.9 Å². The Balaban J connectivity index is 1.64. The first-order valence-corrected chi connectivity index (χ1v) is 8.97. The molecule has 1 aliphatic carbocycles. The molecule has 0 bridgehead atoms. The maximum atomic E-state index is 12.9. The largest absolute Gasteiger partial charge is 0.348 e. The lowest BCUT2D eigenvalue weighted by atomic mass is 10.1. The summed E-state index contributed by atoms with van der Waals surface area (Å²) in [6.45, 7) is 4.50. The number of amides is 1. The van der Waals surface area contributed by atoms with Crippen LogP contribution >= 0.6 is 0 Å². The van der Waals surface area contributed by atoms with E-state index >= 15 is 0 Å². The number of carbonyl (C=O) groups is 1. The molecule has 0 aliphatic heterocycles. The highest BCUT2D eigenvalue weighted by Crippen LogP contribution is 2.42. The molecule has 5 heteroatoms. The predicted octanol–water partition coefficient (Wildman–Crippen LogP) is 3.69. The van der Waals surface area contributed by atoms with Crippen LogP contribution in [0.25, 0.3) is 5.69 Å². The van der Waals surface area contributed by atoms with Crippen LogP contribution in [0.15, 0.2) is 48.8 Å². The number of benzene rings is 1. The van der Waals surface area contributed by atoms with Gasteiger partial charge >= 0.3 is 0 Å². The molecule has 132 valence electrons. The number of aryl methyl sites for hydroxylation is 1. The lowest BCUT2D eigenvalue weighted by Crippen LogP contribution is -2.24. The van der Waals surface area contributed by atoms with Gasteiger partial charge in [0.25, 0.3) is 5.91 Å². The van der Waals surface area contributed by atoms with Gasteiger partial charge in [0, 0.05) is 24.9 Å². The Morgan fingerprint density at radius 3 is 2.62 bits per heavy atom. The van der Waals surface area contributed by atoms with Crippen molar-refractivity contribution in [3.63, 3.8) is 0 Å². The third-order valence-corrected chi connectivity index (χ3v) is 4.79. The van der Waals surface area contributed by atoms with Crippen molar-refractivity contribution in [2.24, 2.45) is 0 Å². The van der Waals surface area contributed by atoms with E-state index in [1.54, 1.807) is 12.4 Å². The van der Waals surface area contributed by atoms with E-state index in [4.69, 9.17) is 5.10 Å². The number of pyridine rings is 1. The van der Waals surface area contributed by atoms with E-state index < -0.39 is 0 Å². The van der Waals surface area contributed by atoms with Crippen molar-refractivity contribution in [2.45, 2.75) is 39.2 Å². The van der Waals surface area contributed by atoms with Crippen LogP contribution in [0.3, 0.4) is 0 Å². The van der Waals surface area contributed by atoms with Crippen LogP contribution in [0.4, 0.5) is 0 Å². The van der Waals surface area contributed by atoms with E-state index in [1.165, 1.54) is 5.56 Å². The van der Waals surface area contributed by atoms with E-state index in [0.717, 1.165) is 41.0 Å². The minimum atomic E-state index is -0.0633. The molecule has 2 aromatic heterocycles. The molecular formula is C21H22N4O. The van der Waals surface area contributed by atoms with Gasteiger partial charge in [0.05, 0.1) is 22.6 Å². The van der Waals surface area contributed by atoms with Gasteiger partial charge in [-0.25, -0.2) is 4.68 Å². The summed E-state index contributed by atoms with van der Waals surface area (Å²) in [4.78, 5) is 17.0. The smallest absolute Gasteiger partial charge is 0.255 e. The van der Waals surface area contributed by atoms with Crippen molar-refractivity contribution in [1.29, 1.82) is 0 Å². The van der Waals surface area contributed by atoms with Gasteiger partial charge in [-0.15, -0.1) is 0 Å². The summed E-state index contributed by atoms with van der Waals surface area (Å²) in [5.41, 5.74) is 5.71. The van der Waals surface area contributed by atoms with Crippen LogP contribution in [0, 0.1) is 13.8 Å². The highest BCUT2D eigenvalue weighted by Gasteiger charge is 2.33. The summed E-state index contributed by atoms with van der Waals surface area (Å²) in [5, 5.41) is 7.81. The third-order valence-electron chi connectivity index (χ3n) is 4.79. The van der Waals surface area contributed by atoms with Gasteiger partial charge in [-0.1, -0.05) is 23.8 Å². The normalized spacial score (nSPS) is 13.6. The zero-order chi connectivity index (χ0) is 18.1. The van der Waals surface area contributed by atoms with Crippen molar-refractivity contribution < 1.29 is 4.79 Å². The second kappa shape index (κ2) is 6.75. The van der Waals surface area contributed by atoms with Crippen LogP contribution in [0.2, 0.25) is 0 Å². The zero-order valence-electron chi connectivity index (χ0n) is 15.1. The van der Waals surface area contributed by atoms with Crippen LogP contribution in [-0.4, -0.2) is 20.7 Å². The van der Waals surface area contributed by atoms with Gasteiger partial charge in [0.2, 0.25) is 0 Å². The van der Waals surface area contributed by atoms with E-state index in [0.29, 0.717) is 12.5 Å². The molecule has 4 rings (SSSR count). The lowest BCUT2D eigenvalue weighted by Gasteiger charge is -2.07. The van der Waals surface area contributed by atoms with Gasteiger partial charge in [0.15, 0.2) is 0 Å². The summed E-state index contributed by atoms with van der Waals surface area (Å²) in [6.07, 6.45) is 5.71. The van der Waals surface area contributed by atoms with Crippen LogP contribution in [0.5, 0.6) is 0 Å². The number of hydrogen-bond acceptors (Lipinski definition) is 3. The topological polar surface area (TPSA) is 59.8 Å². The lowest BCUT2D eigenvalue weighted by molar-refractivity contribution is 0.0949. The number of rotatable bonds is 5. The summed E-state index contributed by atoms with van der Waals surface area (Å²) >= 11 is 0. The Morgan fingerprint density at radius 2 is 1.96 bits per heavy atom. The summed E-state index contributed by atoms with van der Waals surface area (Å²) in [5.74, 6) is 0.339. The van der Waals surface area contributed by atoms with Crippen molar-refractivity contribution in [2.75, 3.05) is 0 Å². The quantitative estimate of drug-likeness (QED) is 0.766. The second-order valence-corrected chi connectivity index (χ2v) is 6.91. The van der Waals surface area contributed by atoms with Crippen molar-refractivity contribution in [1.82, 2.24) is 20.1 Å². The first-order chi connectivity index (χ1) is 12.6. The molecule has 0 spiro atoms. The minimum absolute atomic E-state index is 0.0633. The van der Waals surface area contributed by atoms with Crippen LogP contribution < -0.4 is 5.32 Å². The zero-order valence-corrected chi connectivity index (χ0v) is 15.1. The molecule has 3 aromatic rings. The van der Waals surface area contributed by atoms with Gasteiger partial charge in [0.1, 0.15) is 0 Å². The van der Waals surface area contributed by atoms with E-state index in [9.17, 15) is 4.79 Å². The molecule has 1 aromatic carbocycles. The van der Waals surface area contributed by atoms with Crippen molar-refractivity contribution >= 4 is 5.91 Å². The Hall–Kier alpha value is -2.95. The van der Waals surface area contributed by atoms with Crippen molar-refractivity contribution in [3.8, 4) is 5.69 Å². The van der Waals surface area contributed by atoms with Gasteiger partial charge in [-0.3, -0.25) is 9.78 Å². The molecule has 0 atom stereocenters. The fourth-order valence-electron chi connectivity index (χ4n) is 3.16. The number of nitrogens with one attached hydrogen (secondary N) is 1. The van der Waals surface area contributed by atoms with Crippen molar-refractivity contribution in [3.05, 3.63) is 76.9 Å². The Labute approximate surface area is 153 Å². The molecule has 1 aliphatic rings. The maximum Gasteiger partial charge on any atom is 0.255 e. The second-order valence-electron chi connectivity index (χ2n) is 6.91. The van der Waals surface area contributed by atoms with E-state index in [2.05, 4.69) is 29.4 Å². The van der Waals surface area contributed by atoms with Gasteiger partial charge in [-0.05, 0) is 50.5 Å². The Kier molecular flexibility index (Phi) is 4.29. The molecule has 1 saturated carbocycles. The predicted molar refractivity (Wildman–Crippen MR) is 100 cm³/mol. The highest BCUT2D eigenvalue weighted by molar-refractivity contribution is 5.96. The first-order valence-electron chi connectivity index (χ1n) is 8.97. The molecule has 2 heterocycles.